The van der Waals surface area contributed by atoms with Gasteiger partial charge in [0.25, 0.3) is 5.91 Å². The number of hydrogen-bond acceptors (Lipinski definition) is 3. The zero-order valence-electron chi connectivity index (χ0n) is 11.4. The lowest BCUT2D eigenvalue weighted by molar-refractivity contribution is -0.118. The molecule has 0 aromatic heterocycles. The van der Waals surface area contributed by atoms with Crippen LogP contribution in [0.1, 0.15) is 17.3 Å². The Bertz CT molecular complexity index is 653. The number of rotatable bonds is 5. The van der Waals surface area contributed by atoms with E-state index in [-0.39, 0.29) is 18.3 Å². The lowest BCUT2D eigenvalue weighted by Gasteiger charge is -2.10. The van der Waals surface area contributed by atoms with Crippen molar-refractivity contribution in [1.29, 1.82) is 0 Å². The highest BCUT2D eigenvalue weighted by atomic mass is 127. The molecule has 2 rings (SSSR count). The Morgan fingerprint density at radius 2 is 1.76 bits per heavy atom. The first-order valence-corrected chi connectivity index (χ1v) is 7.42. The number of hydrogen-bond donors (Lipinski definition) is 1. The average molecular weight is 395 g/mol. The molecule has 21 heavy (non-hydrogen) atoms. The smallest absolute Gasteiger partial charge is 0.262 e. The van der Waals surface area contributed by atoms with E-state index in [0.29, 0.717) is 17.0 Å². The third kappa shape index (κ3) is 4.56. The van der Waals surface area contributed by atoms with Crippen LogP contribution in [0.2, 0.25) is 0 Å². The molecule has 0 atom stereocenters. The van der Waals surface area contributed by atoms with Crippen LogP contribution in [0.4, 0.5) is 5.69 Å². The molecule has 0 aliphatic carbocycles. The van der Waals surface area contributed by atoms with Crippen molar-refractivity contribution >= 4 is 40.0 Å². The minimum atomic E-state index is -0.269. The van der Waals surface area contributed by atoms with Crippen molar-refractivity contribution in [3.63, 3.8) is 0 Å². The SMILES string of the molecule is CC(=O)c1ccccc1OCC(=O)Nc1ccc(I)cc1. The molecular formula is C16H14INO3. The summed E-state index contributed by atoms with van der Waals surface area (Å²) in [5.74, 6) is 0.0565. The molecule has 4 nitrogen and oxygen atoms in total. The molecule has 0 saturated carbocycles. The average Bonchev–Trinajstić information content (AvgIpc) is 2.48. The number of Topliss-reactive ketones (excluding diaryl/α,β-unsaturated/α-hetero) is 1. The van der Waals surface area contributed by atoms with Crippen molar-refractivity contribution in [2.24, 2.45) is 0 Å². The summed E-state index contributed by atoms with van der Waals surface area (Å²) in [6.45, 7) is 1.32. The third-order valence-electron chi connectivity index (χ3n) is 2.75. The van der Waals surface area contributed by atoms with Crippen LogP contribution in [-0.4, -0.2) is 18.3 Å². The number of benzene rings is 2. The predicted molar refractivity (Wildman–Crippen MR) is 89.7 cm³/mol. The maximum absolute atomic E-state index is 11.8. The van der Waals surface area contributed by atoms with E-state index in [0.717, 1.165) is 3.57 Å². The molecule has 5 heteroatoms. The molecule has 1 amide bonds. The number of ketones is 1. The highest BCUT2D eigenvalue weighted by Crippen LogP contribution is 2.18. The number of carbonyl (C=O) groups excluding carboxylic acids is 2. The quantitative estimate of drug-likeness (QED) is 0.623. The molecule has 0 aliphatic rings. The number of carbonyl (C=O) groups is 2. The lowest BCUT2D eigenvalue weighted by atomic mass is 10.1. The van der Waals surface area contributed by atoms with E-state index in [2.05, 4.69) is 27.9 Å². The summed E-state index contributed by atoms with van der Waals surface area (Å²) in [5, 5.41) is 2.74. The van der Waals surface area contributed by atoms with Crippen molar-refractivity contribution in [3.05, 3.63) is 57.7 Å². The van der Waals surface area contributed by atoms with Crippen molar-refractivity contribution < 1.29 is 14.3 Å². The molecule has 0 saturated heterocycles. The molecule has 0 fully saturated rings. The van der Waals surface area contributed by atoms with E-state index in [1.54, 1.807) is 24.3 Å². The van der Waals surface area contributed by atoms with Gasteiger partial charge in [0, 0.05) is 9.26 Å². The fourth-order valence-corrected chi connectivity index (χ4v) is 2.12. The number of anilines is 1. The molecule has 1 N–H and O–H groups in total. The van der Waals surface area contributed by atoms with Crippen LogP contribution >= 0.6 is 22.6 Å². The van der Waals surface area contributed by atoms with Gasteiger partial charge >= 0.3 is 0 Å². The van der Waals surface area contributed by atoms with Gasteiger partial charge in [-0.25, -0.2) is 0 Å². The molecule has 0 radical (unpaired) electrons. The monoisotopic (exact) mass is 395 g/mol. The van der Waals surface area contributed by atoms with E-state index >= 15 is 0 Å². The topological polar surface area (TPSA) is 55.4 Å². The van der Waals surface area contributed by atoms with Gasteiger partial charge in [0.05, 0.1) is 5.56 Å². The van der Waals surface area contributed by atoms with Gasteiger partial charge in [0.1, 0.15) is 5.75 Å². The second-order valence-electron chi connectivity index (χ2n) is 4.40. The van der Waals surface area contributed by atoms with E-state index < -0.39 is 0 Å². The Morgan fingerprint density at radius 1 is 1.10 bits per heavy atom. The highest BCUT2D eigenvalue weighted by Gasteiger charge is 2.09. The predicted octanol–water partition coefficient (Wildman–Crippen LogP) is 3.51. The molecule has 2 aromatic rings. The summed E-state index contributed by atoms with van der Waals surface area (Å²) in [5.41, 5.74) is 1.18. The lowest BCUT2D eigenvalue weighted by Crippen LogP contribution is -2.20. The molecule has 0 heterocycles. The van der Waals surface area contributed by atoms with E-state index in [1.807, 2.05) is 24.3 Å². The fourth-order valence-electron chi connectivity index (χ4n) is 1.76. The summed E-state index contributed by atoms with van der Waals surface area (Å²) in [6, 6.07) is 14.3. The summed E-state index contributed by atoms with van der Waals surface area (Å²) in [6.07, 6.45) is 0. The Kier molecular flexibility index (Phi) is 5.32. The normalized spacial score (nSPS) is 10.0. The first-order chi connectivity index (χ1) is 10.1. The molecule has 0 spiro atoms. The molecule has 0 aliphatic heterocycles. The van der Waals surface area contributed by atoms with Crippen LogP contribution in [0.15, 0.2) is 48.5 Å². The summed E-state index contributed by atoms with van der Waals surface area (Å²) in [7, 11) is 0. The van der Waals surface area contributed by atoms with Gasteiger partial charge in [-0.05, 0) is 65.9 Å². The van der Waals surface area contributed by atoms with Crippen molar-refractivity contribution in [3.8, 4) is 5.75 Å². The van der Waals surface area contributed by atoms with Crippen molar-refractivity contribution in [2.75, 3.05) is 11.9 Å². The Balaban J connectivity index is 1.95. The Morgan fingerprint density at radius 3 is 2.43 bits per heavy atom. The number of amides is 1. The van der Waals surface area contributed by atoms with Gasteiger partial charge in [-0.15, -0.1) is 0 Å². The minimum absolute atomic E-state index is 0.0938. The van der Waals surface area contributed by atoms with E-state index in [1.165, 1.54) is 6.92 Å². The summed E-state index contributed by atoms with van der Waals surface area (Å²) >= 11 is 2.19. The Labute approximate surface area is 136 Å². The van der Waals surface area contributed by atoms with Gasteiger partial charge in [0.2, 0.25) is 0 Å². The summed E-state index contributed by atoms with van der Waals surface area (Å²) in [4.78, 5) is 23.3. The van der Waals surface area contributed by atoms with Crippen LogP contribution in [0.5, 0.6) is 5.75 Å². The zero-order valence-corrected chi connectivity index (χ0v) is 13.6. The van der Waals surface area contributed by atoms with Crippen LogP contribution in [0.3, 0.4) is 0 Å². The van der Waals surface area contributed by atoms with Crippen LogP contribution in [-0.2, 0) is 4.79 Å². The standard InChI is InChI=1S/C16H14INO3/c1-11(19)14-4-2-3-5-15(14)21-10-16(20)18-13-8-6-12(17)7-9-13/h2-9H,10H2,1H3,(H,18,20). The first-order valence-electron chi connectivity index (χ1n) is 6.34. The fraction of sp³-hybridized carbons (Fsp3) is 0.125. The molecule has 0 bridgehead atoms. The molecule has 2 aromatic carbocycles. The second kappa shape index (κ2) is 7.21. The maximum atomic E-state index is 11.8. The third-order valence-corrected chi connectivity index (χ3v) is 3.47. The first kappa shape index (κ1) is 15.5. The zero-order chi connectivity index (χ0) is 15.2. The number of halogens is 1. The van der Waals surface area contributed by atoms with Gasteiger partial charge < -0.3 is 10.1 Å². The van der Waals surface area contributed by atoms with Crippen LogP contribution < -0.4 is 10.1 Å². The highest BCUT2D eigenvalue weighted by molar-refractivity contribution is 14.1. The second-order valence-corrected chi connectivity index (χ2v) is 5.64. The van der Waals surface area contributed by atoms with Gasteiger partial charge in [0.15, 0.2) is 12.4 Å². The minimum Gasteiger partial charge on any atom is -0.483 e. The molecule has 0 unspecified atom stereocenters. The van der Waals surface area contributed by atoms with Crippen molar-refractivity contribution in [1.82, 2.24) is 0 Å². The van der Waals surface area contributed by atoms with Crippen LogP contribution in [0.25, 0.3) is 0 Å². The van der Waals surface area contributed by atoms with Gasteiger partial charge in [-0.1, -0.05) is 12.1 Å². The molecule has 108 valence electrons. The number of para-hydroxylation sites is 1. The van der Waals surface area contributed by atoms with Gasteiger partial charge in [-0.3, -0.25) is 9.59 Å². The largest absolute Gasteiger partial charge is 0.483 e. The number of ether oxygens (including phenoxy) is 1. The van der Waals surface area contributed by atoms with E-state index in [9.17, 15) is 9.59 Å². The van der Waals surface area contributed by atoms with Crippen molar-refractivity contribution in [2.45, 2.75) is 6.92 Å². The Hall–Kier alpha value is -1.89. The van der Waals surface area contributed by atoms with Gasteiger partial charge in [-0.2, -0.15) is 0 Å². The molecular weight excluding hydrogens is 381 g/mol. The summed E-state index contributed by atoms with van der Waals surface area (Å²) < 4.78 is 6.52. The number of nitrogens with one attached hydrogen (secondary N) is 1. The van der Waals surface area contributed by atoms with E-state index in [4.69, 9.17) is 4.74 Å². The van der Waals surface area contributed by atoms with Crippen LogP contribution in [0, 0.1) is 3.57 Å². The maximum Gasteiger partial charge on any atom is 0.262 e.